The Hall–Kier alpha value is -2.21. The van der Waals surface area contributed by atoms with Crippen molar-refractivity contribution in [2.24, 2.45) is 0 Å². The Morgan fingerprint density at radius 3 is 2.67 bits per heavy atom. The van der Waals surface area contributed by atoms with Crippen molar-refractivity contribution in [1.82, 2.24) is 25.0 Å². The monoisotopic (exact) mass is 325 g/mol. The number of hydrogen-bond acceptors (Lipinski definition) is 4. The van der Waals surface area contributed by atoms with E-state index in [9.17, 15) is 4.79 Å². The van der Waals surface area contributed by atoms with Crippen molar-refractivity contribution in [3.05, 3.63) is 36.3 Å². The van der Waals surface area contributed by atoms with Gasteiger partial charge in [0.1, 0.15) is 0 Å². The Labute approximate surface area is 141 Å². The average Bonchev–Trinajstić information content (AvgIpc) is 3.34. The van der Waals surface area contributed by atoms with E-state index in [2.05, 4.69) is 32.0 Å². The van der Waals surface area contributed by atoms with E-state index in [4.69, 9.17) is 0 Å². The molecule has 2 aromatic heterocycles. The number of likely N-dealkylation sites (tertiary alicyclic amines) is 2. The molecule has 0 spiro atoms. The van der Waals surface area contributed by atoms with Crippen molar-refractivity contribution in [2.75, 3.05) is 20.1 Å². The summed E-state index contributed by atoms with van der Waals surface area (Å²) in [5, 5.41) is 7.11. The second kappa shape index (κ2) is 6.36. The molecule has 6 heteroatoms. The summed E-state index contributed by atoms with van der Waals surface area (Å²) in [5.41, 5.74) is 2.39. The van der Waals surface area contributed by atoms with Gasteiger partial charge in [-0.2, -0.15) is 5.10 Å². The summed E-state index contributed by atoms with van der Waals surface area (Å²) in [6, 6.07) is 4.62. The molecule has 2 aliphatic rings. The van der Waals surface area contributed by atoms with Crippen LogP contribution >= 0.6 is 0 Å². The van der Waals surface area contributed by atoms with E-state index in [0.717, 1.165) is 37.2 Å². The fraction of sp³-hybridized carbons (Fsp3) is 0.500. The van der Waals surface area contributed by atoms with E-state index in [0.29, 0.717) is 17.6 Å². The highest BCUT2D eigenvalue weighted by Gasteiger charge is 2.39. The van der Waals surface area contributed by atoms with Crippen LogP contribution in [0.2, 0.25) is 0 Å². The summed E-state index contributed by atoms with van der Waals surface area (Å²) < 4.78 is 0. The second-order valence-corrected chi connectivity index (χ2v) is 6.79. The van der Waals surface area contributed by atoms with Crippen LogP contribution in [0, 0.1) is 0 Å². The number of amides is 1. The van der Waals surface area contributed by atoms with Crippen LogP contribution in [0.5, 0.6) is 0 Å². The molecular weight excluding hydrogens is 302 g/mol. The quantitative estimate of drug-likeness (QED) is 0.939. The van der Waals surface area contributed by atoms with Crippen LogP contribution < -0.4 is 0 Å². The summed E-state index contributed by atoms with van der Waals surface area (Å²) in [6.07, 6.45) is 9.73. The highest BCUT2D eigenvalue weighted by atomic mass is 16.2. The summed E-state index contributed by atoms with van der Waals surface area (Å²) in [7, 11) is 2.18. The topological polar surface area (TPSA) is 65.1 Å². The van der Waals surface area contributed by atoms with Crippen molar-refractivity contribution in [3.8, 4) is 11.3 Å². The highest BCUT2D eigenvalue weighted by Crippen LogP contribution is 2.31. The normalized spacial score (nSPS) is 24.6. The molecule has 0 radical (unpaired) electrons. The van der Waals surface area contributed by atoms with E-state index >= 15 is 0 Å². The first-order valence-electron chi connectivity index (χ1n) is 8.70. The second-order valence-electron chi connectivity index (χ2n) is 6.79. The van der Waals surface area contributed by atoms with Crippen molar-refractivity contribution in [3.63, 3.8) is 0 Å². The molecule has 2 aromatic rings. The van der Waals surface area contributed by atoms with Gasteiger partial charge >= 0.3 is 0 Å². The number of pyridine rings is 1. The van der Waals surface area contributed by atoms with Crippen molar-refractivity contribution in [1.29, 1.82) is 0 Å². The smallest absolute Gasteiger partial charge is 0.257 e. The number of H-pyrrole nitrogens is 1. The standard InChI is InChI=1S/C18H23N5O/c1-22-10-2-4-15(22)16-5-3-11-23(16)18(24)14-12-20-21-17(14)13-6-8-19-9-7-13/h6-9,12,15-16H,2-5,10-11H2,1H3,(H,20,21)/t15-,16-/m1/s1. The molecular formula is C18H23N5O. The van der Waals surface area contributed by atoms with E-state index in [1.807, 2.05) is 12.1 Å². The summed E-state index contributed by atoms with van der Waals surface area (Å²) >= 11 is 0. The van der Waals surface area contributed by atoms with Crippen molar-refractivity contribution in [2.45, 2.75) is 37.8 Å². The fourth-order valence-corrected chi connectivity index (χ4v) is 4.21. The third-order valence-corrected chi connectivity index (χ3v) is 5.42. The third-order valence-electron chi connectivity index (χ3n) is 5.42. The summed E-state index contributed by atoms with van der Waals surface area (Å²) in [6.45, 7) is 1.98. The number of likely N-dealkylation sites (N-methyl/N-ethyl adjacent to an activating group) is 1. The Balaban J connectivity index is 1.61. The van der Waals surface area contributed by atoms with Crippen LogP contribution in [0.3, 0.4) is 0 Å². The Morgan fingerprint density at radius 1 is 1.17 bits per heavy atom. The Bertz CT molecular complexity index is 713. The molecule has 6 nitrogen and oxygen atoms in total. The first-order valence-corrected chi connectivity index (χ1v) is 8.70. The first kappa shape index (κ1) is 15.3. The zero-order valence-corrected chi connectivity index (χ0v) is 14.0. The van der Waals surface area contributed by atoms with Gasteiger partial charge in [-0.3, -0.25) is 14.9 Å². The van der Waals surface area contributed by atoms with Gasteiger partial charge in [-0.05, 0) is 51.4 Å². The lowest BCUT2D eigenvalue weighted by Gasteiger charge is -2.33. The third kappa shape index (κ3) is 2.60. The summed E-state index contributed by atoms with van der Waals surface area (Å²) in [4.78, 5) is 21.7. The molecule has 2 fully saturated rings. The van der Waals surface area contributed by atoms with Gasteiger partial charge in [0.05, 0.1) is 17.5 Å². The zero-order valence-electron chi connectivity index (χ0n) is 14.0. The largest absolute Gasteiger partial charge is 0.334 e. The lowest BCUT2D eigenvalue weighted by molar-refractivity contribution is 0.0665. The molecule has 126 valence electrons. The molecule has 1 amide bonds. The lowest BCUT2D eigenvalue weighted by atomic mass is 10.0. The highest BCUT2D eigenvalue weighted by molar-refractivity contribution is 6.00. The number of carbonyl (C=O) groups excluding carboxylic acids is 1. The van der Waals surface area contributed by atoms with Gasteiger partial charge in [0, 0.05) is 36.6 Å². The molecule has 4 rings (SSSR count). The van der Waals surface area contributed by atoms with Crippen LogP contribution in [-0.4, -0.2) is 63.1 Å². The molecule has 1 N–H and O–H groups in total. The molecule has 0 aliphatic carbocycles. The number of nitrogens with one attached hydrogen (secondary N) is 1. The maximum absolute atomic E-state index is 13.2. The van der Waals surface area contributed by atoms with Gasteiger partial charge in [0.2, 0.25) is 0 Å². The molecule has 0 bridgehead atoms. The van der Waals surface area contributed by atoms with Gasteiger partial charge < -0.3 is 9.80 Å². The predicted molar refractivity (Wildman–Crippen MR) is 91.5 cm³/mol. The van der Waals surface area contributed by atoms with Crippen LogP contribution in [0.25, 0.3) is 11.3 Å². The number of hydrogen-bond donors (Lipinski definition) is 1. The Kier molecular flexibility index (Phi) is 4.06. The molecule has 0 aromatic carbocycles. The minimum atomic E-state index is 0.0957. The van der Waals surface area contributed by atoms with Crippen LogP contribution in [0.4, 0.5) is 0 Å². The van der Waals surface area contributed by atoms with E-state index in [-0.39, 0.29) is 5.91 Å². The van der Waals surface area contributed by atoms with Gasteiger partial charge in [0.25, 0.3) is 5.91 Å². The molecule has 0 unspecified atom stereocenters. The molecule has 2 saturated heterocycles. The number of carbonyl (C=O) groups is 1. The number of rotatable bonds is 3. The van der Waals surface area contributed by atoms with E-state index < -0.39 is 0 Å². The maximum Gasteiger partial charge on any atom is 0.257 e. The Morgan fingerprint density at radius 2 is 1.92 bits per heavy atom. The van der Waals surface area contributed by atoms with Crippen LogP contribution in [0.15, 0.2) is 30.7 Å². The summed E-state index contributed by atoms with van der Waals surface area (Å²) in [5.74, 6) is 0.0957. The van der Waals surface area contributed by atoms with Crippen molar-refractivity contribution >= 4 is 5.91 Å². The first-order chi connectivity index (χ1) is 11.8. The molecule has 4 heterocycles. The van der Waals surface area contributed by atoms with E-state index in [1.165, 1.54) is 12.8 Å². The molecule has 2 atom stereocenters. The number of nitrogens with zero attached hydrogens (tertiary/aromatic N) is 4. The average molecular weight is 325 g/mol. The minimum Gasteiger partial charge on any atom is -0.334 e. The zero-order chi connectivity index (χ0) is 16.5. The number of aromatic amines is 1. The molecule has 24 heavy (non-hydrogen) atoms. The van der Waals surface area contributed by atoms with Gasteiger partial charge in [-0.1, -0.05) is 0 Å². The number of aromatic nitrogens is 3. The van der Waals surface area contributed by atoms with Crippen LogP contribution in [0.1, 0.15) is 36.0 Å². The maximum atomic E-state index is 13.2. The molecule has 0 saturated carbocycles. The predicted octanol–water partition coefficient (Wildman–Crippen LogP) is 2.17. The van der Waals surface area contributed by atoms with Gasteiger partial charge in [0.15, 0.2) is 0 Å². The van der Waals surface area contributed by atoms with Crippen molar-refractivity contribution < 1.29 is 4.79 Å². The fourth-order valence-electron chi connectivity index (χ4n) is 4.21. The van der Waals surface area contributed by atoms with E-state index in [1.54, 1.807) is 18.6 Å². The van der Waals surface area contributed by atoms with Gasteiger partial charge in [-0.25, -0.2) is 0 Å². The minimum absolute atomic E-state index is 0.0957. The lowest BCUT2D eigenvalue weighted by Crippen LogP contribution is -2.47. The van der Waals surface area contributed by atoms with Crippen LogP contribution in [-0.2, 0) is 0 Å². The van der Waals surface area contributed by atoms with Gasteiger partial charge in [-0.15, -0.1) is 0 Å². The molecule has 2 aliphatic heterocycles. The SMILES string of the molecule is CN1CCC[C@@H]1[C@H]1CCCN1C(=O)c1cn[nH]c1-c1ccncc1.